The summed E-state index contributed by atoms with van der Waals surface area (Å²) in [6, 6.07) is 4.07. The van der Waals surface area contributed by atoms with Crippen LogP contribution in [0.2, 0.25) is 0 Å². The van der Waals surface area contributed by atoms with Gasteiger partial charge in [-0.1, -0.05) is 6.07 Å². The normalized spacial score (nSPS) is 24.4. The zero-order chi connectivity index (χ0) is 21.6. The van der Waals surface area contributed by atoms with Crippen LogP contribution >= 0.6 is 0 Å². The second-order valence-electron chi connectivity index (χ2n) is 8.59. The lowest BCUT2D eigenvalue weighted by atomic mass is 9.93. The van der Waals surface area contributed by atoms with Crippen molar-refractivity contribution in [2.45, 2.75) is 63.6 Å². The maximum atomic E-state index is 12.6. The SMILES string of the molecule is CC(C)(C)OC(=O)NC1C2CCC1Cc1cc(OS(=O)(=O)C(F)(F)F)ccc1C2. The molecule has 3 unspecified atom stereocenters. The van der Waals surface area contributed by atoms with Gasteiger partial charge in [-0.15, -0.1) is 0 Å². The first-order valence-electron chi connectivity index (χ1n) is 9.37. The van der Waals surface area contributed by atoms with Crippen LogP contribution in [-0.4, -0.2) is 31.7 Å². The number of fused-ring (bicyclic) bond motifs is 3. The van der Waals surface area contributed by atoms with Crippen LogP contribution in [0.4, 0.5) is 18.0 Å². The van der Waals surface area contributed by atoms with Gasteiger partial charge in [-0.25, -0.2) is 4.79 Å². The maximum Gasteiger partial charge on any atom is 0.534 e. The lowest BCUT2D eigenvalue weighted by Gasteiger charge is -2.26. The Kier molecular flexibility index (Phi) is 5.53. The highest BCUT2D eigenvalue weighted by Gasteiger charge is 2.48. The minimum Gasteiger partial charge on any atom is -0.444 e. The number of ether oxygens (including phenoxy) is 1. The monoisotopic (exact) mass is 435 g/mol. The van der Waals surface area contributed by atoms with Crippen LogP contribution in [0.15, 0.2) is 18.2 Å². The molecule has 1 amide bonds. The highest BCUT2D eigenvalue weighted by molar-refractivity contribution is 7.88. The van der Waals surface area contributed by atoms with Gasteiger partial charge in [-0.05, 0) is 81.5 Å². The van der Waals surface area contributed by atoms with E-state index in [4.69, 9.17) is 4.74 Å². The zero-order valence-corrected chi connectivity index (χ0v) is 17.2. The topological polar surface area (TPSA) is 81.7 Å². The van der Waals surface area contributed by atoms with E-state index in [1.807, 2.05) is 0 Å². The van der Waals surface area contributed by atoms with Crippen molar-refractivity contribution >= 4 is 16.2 Å². The molecule has 162 valence electrons. The van der Waals surface area contributed by atoms with Gasteiger partial charge >= 0.3 is 21.7 Å². The number of carbonyl (C=O) groups is 1. The smallest absolute Gasteiger partial charge is 0.444 e. The van der Waals surface area contributed by atoms with Crippen molar-refractivity contribution in [3.63, 3.8) is 0 Å². The summed E-state index contributed by atoms with van der Waals surface area (Å²) >= 11 is 0. The highest BCUT2D eigenvalue weighted by atomic mass is 32.2. The van der Waals surface area contributed by atoms with Gasteiger partial charge in [0.2, 0.25) is 0 Å². The fraction of sp³-hybridized carbons (Fsp3) is 0.632. The first-order valence-corrected chi connectivity index (χ1v) is 10.8. The summed E-state index contributed by atoms with van der Waals surface area (Å²) in [6.07, 6.45) is 2.43. The molecule has 3 atom stereocenters. The molecule has 0 saturated heterocycles. The fourth-order valence-electron chi connectivity index (χ4n) is 4.09. The van der Waals surface area contributed by atoms with Crippen molar-refractivity contribution in [3.8, 4) is 5.75 Å². The van der Waals surface area contributed by atoms with Crippen LogP contribution in [0.25, 0.3) is 0 Å². The molecular weight excluding hydrogens is 411 g/mol. The summed E-state index contributed by atoms with van der Waals surface area (Å²) in [5, 5.41) is 2.95. The number of amides is 1. The van der Waals surface area contributed by atoms with Crippen LogP contribution in [0.1, 0.15) is 44.7 Å². The average Bonchev–Trinajstić information content (AvgIpc) is 2.79. The minimum atomic E-state index is -5.71. The summed E-state index contributed by atoms with van der Waals surface area (Å²) in [5.74, 6) is -0.0989. The van der Waals surface area contributed by atoms with Crippen LogP contribution in [0, 0.1) is 11.8 Å². The molecule has 0 spiro atoms. The van der Waals surface area contributed by atoms with Crippen LogP contribution < -0.4 is 9.50 Å². The van der Waals surface area contributed by atoms with Crippen molar-refractivity contribution in [2.24, 2.45) is 11.8 Å². The number of hydrogen-bond donors (Lipinski definition) is 1. The third-order valence-corrected chi connectivity index (χ3v) is 6.22. The molecule has 0 aliphatic heterocycles. The average molecular weight is 435 g/mol. The van der Waals surface area contributed by atoms with E-state index in [0.29, 0.717) is 12.8 Å². The van der Waals surface area contributed by atoms with E-state index < -0.39 is 27.3 Å². The summed E-state index contributed by atoms with van der Waals surface area (Å²) in [7, 11) is -5.71. The molecule has 6 nitrogen and oxygen atoms in total. The quantitative estimate of drug-likeness (QED) is 0.575. The van der Waals surface area contributed by atoms with Crippen LogP contribution in [0.3, 0.4) is 0 Å². The van der Waals surface area contributed by atoms with Crippen molar-refractivity contribution in [2.75, 3.05) is 0 Å². The molecule has 0 heterocycles. The Hall–Kier alpha value is -1.97. The van der Waals surface area contributed by atoms with E-state index in [9.17, 15) is 26.4 Å². The molecule has 29 heavy (non-hydrogen) atoms. The molecule has 0 aromatic heterocycles. The zero-order valence-electron chi connectivity index (χ0n) is 16.4. The molecule has 1 saturated carbocycles. The number of hydrogen-bond acceptors (Lipinski definition) is 5. The number of rotatable bonds is 3. The Morgan fingerprint density at radius 3 is 2.21 bits per heavy atom. The van der Waals surface area contributed by atoms with Gasteiger partial charge in [0.25, 0.3) is 0 Å². The van der Waals surface area contributed by atoms with E-state index >= 15 is 0 Å². The first-order chi connectivity index (χ1) is 13.2. The van der Waals surface area contributed by atoms with Crippen molar-refractivity contribution in [3.05, 3.63) is 29.3 Å². The molecule has 0 radical (unpaired) electrons. The summed E-state index contributed by atoms with van der Waals surface area (Å²) in [5.41, 5.74) is -4.44. The fourth-order valence-corrected chi connectivity index (χ4v) is 4.54. The molecule has 1 aromatic rings. The summed E-state index contributed by atoms with van der Waals surface area (Å²) in [6.45, 7) is 5.34. The molecule has 2 aliphatic carbocycles. The standard InChI is InChI=1S/C19H24F3NO5S/c1-18(2,3)27-17(24)23-16-12-4-5-13(16)9-14-10-15(7-6-11(14)8-12)28-29(25,26)19(20,21)22/h6-7,10,12-13,16H,4-5,8-9H2,1-3H3,(H,23,24). The van der Waals surface area contributed by atoms with Gasteiger partial charge < -0.3 is 14.2 Å². The number of nitrogens with one attached hydrogen (secondary N) is 1. The van der Waals surface area contributed by atoms with E-state index in [2.05, 4.69) is 9.50 Å². The van der Waals surface area contributed by atoms with Crippen molar-refractivity contribution in [1.29, 1.82) is 0 Å². The van der Waals surface area contributed by atoms with Gasteiger partial charge in [-0.3, -0.25) is 0 Å². The summed E-state index contributed by atoms with van der Waals surface area (Å²) < 4.78 is 69.8. The molecule has 10 heteroatoms. The van der Waals surface area contributed by atoms with E-state index in [1.165, 1.54) is 12.1 Å². The summed E-state index contributed by atoms with van der Waals surface area (Å²) in [4.78, 5) is 12.2. The van der Waals surface area contributed by atoms with E-state index in [1.54, 1.807) is 26.8 Å². The largest absolute Gasteiger partial charge is 0.534 e. The number of alkyl halides is 3. The van der Waals surface area contributed by atoms with Crippen LogP contribution in [0.5, 0.6) is 5.75 Å². The van der Waals surface area contributed by atoms with Gasteiger partial charge in [0.1, 0.15) is 11.4 Å². The molecule has 1 fully saturated rings. The van der Waals surface area contributed by atoms with Gasteiger partial charge in [-0.2, -0.15) is 21.6 Å². The number of halogens is 3. The molecule has 1 N–H and O–H groups in total. The highest BCUT2D eigenvalue weighted by Crippen LogP contribution is 2.41. The maximum absolute atomic E-state index is 12.6. The van der Waals surface area contributed by atoms with Gasteiger partial charge in [0.05, 0.1) is 0 Å². The van der Waals surface area contributed by atoms with Gasteiger partial charge in [0.15, 0.2) is 0 Å². The number of alkyl carbamates (subject to hydrolysis) is 1. The Bertz CT molecular complexity index is 892. The second kappa shape index (κ2) is 7.37. The third kappa shape index (κ3) is 4.96. The van der Waals surface area contributed by atoms with Crippen LogP contribution in [-0.2, 0) is 27.7 Å². The van der Waals surface area contributed by atoms with Crippen molar-refractivity contribution in [1.82, 2.24) is 5.32 Å². The number of carbonyl (C=O) groups excluding carboxylic acids is 1. The first kappa shape index (κ1) is 21.7. The predicted octanol–water partition coefficient (Wildman–Crippen LogP) is 3.93. The van der Waals surface area contributed by atoms with Gasteiger partial charge in [0, 0.05) is 6.04 Å². The Morgan fingerprint density at radius 1 is 1.07 bits per heavy atom. The lowest BCUT2D eigenvalue weighted by molar-refractivity contribution is -0.0500. The molecule has 1 aromatic carbocycles. The Morgan fingerprint density at radius 2 is 1.66 bits per heavy atom. The predicted molar refractivity (Wildman–Crippen MR) is 98.8 cm³/mol. The number of benzene rings is 1. The second-order valence-corrected chi connectivity index (χ2v) is 10.1. The molecule has 3 rings (SSSR count). The van der Waals surface area contributed by atoms with E-state index in [0.717, 1.165) is 24.0 Å². The van der Waals surface area contributed by atoms with Crippen molar-refractivity contribution < 1.29 is 35.3 Å². The minimum absolute atomic E-state index is 0.0863. The van der Waals surface area contributed by atoms with E-state index in [-0.39, 0.29) is 23.6 Å². The lowest BCUT2D eigenvalue weighted by Crippen LogP contribution is -2.44. The third-order valence-electron chi connectivity index (χ3n) is 5.24. The Labute approximate surface area is 167 Å². The molecular formula is C19H24F3NO5S. The molecule has 2 bridgehead atoms. The Balaban J connectivity index is 1.77. The molecule has 2 aliphatic rings.